The molecule has 4 N–H and O–H groups in total. The zero-order chi connectivity index (χ0) is 19.3. The van der Waals surface area contributed by atoms with Crippen molar-refractivity contribution < 1.29 is 26.8 Å². The van der Waals surface area contributed by atoms with Crippen LogP contribution in [0.4, 0.5) is 14.5 Å². The van der Waals surface area contributed by atoms with Gasteiger partial charge < -0.3 is 10.6 Å². The SMILES string of the molecule is NS(=O)(=O)c1cccc(NC(=O)CCNC(=O)c2ccc(F)cc2F)c1. The molecular weight excluding hydrogens is 368 g/mol. The first-order valence-corrected chi connectivity index (χ1v) is 8.87. The molecule has 2 rings (SSSR count). The number of halogens is 2. The van der Waals surface area contributed by atoms with E-state index < -0.39 is 33.5 Å². The molecule has 0 aromatic heterocycles. The van der Waals surface area contributed by atoms with Crippen LogP contribution in [0.2, 0.25) is 0 Å². The fourth-order valence-corrected chi connectivity index (χ4v) is 2.59. The molecule has 0 heterocycles. The van der Waals surface area contributed by atoms with Crippen LogP contribution < -0.4 is 15.8 Å². The van der Waals surface area contributed by atoms with Crippen LogP contribution in [0.15, 0.2) is 47.4 Å². The summed E-state index contributed by atoms with van der Waals surface area (Å²) in [7, 11) is -3.90. The van der Waals surface area contributed by atoms with E-state index in [9.17, 15) is 26.8 Å². The van der Waals surface area contributed by atoms with E-state index in [1.165, 1.54) is 24.3 Å². The number of benzene rings is 2. The molecule has 0 atom stereocenters. The number of hydrogen-bond acceptors (Lipinski definition) is 4. The van der Waals surface area contributed by atoms with Gasteiger partial charge in [0.1, 0.15) is 11.6 Å². The third-order valence-electron chi connectivity index (χ3n) is 3.26. The second-order valence-electron chi connectivity index (χ2n) is 5.25. The molecule has 0 radical (unpaired) electrons. The molecule has 2 aromatic carbocycles. The maximum atomic E-state index is 13.5. The van der Waals surface area contributed by atoms with E-state index in [1.54, 1.807) is 0 Å². The highest BCUT2D eigenvalue weighted by molar-refractivity contribution is 7.89. The van der Waals surface area contributed by atoms with Gasteiger partial charge in [0.05, 0.1) is 10.5 Å². The Labute approximate surface area is 148 Å². The number of hydrogen-bond donors (Lipinski definition) is 3. The van der Waals surface area contributed by atoms with Crippen molar-refractivity contribution in [2.75, 3.05) is 11.9 Å². The number of anilines is 1. The lowest BCUT2D eigenvalue weighted by atomic mass is 10.2. The summed E-state index contributed by atoms with van der Waals surface area (Å²) >= 11 is 0. The van der Waals surface area contributed by atoms with Crippen molar-refractivity contribution in [1.82, 2.24) is 5.32 Å². The number of primary sulfonamides is 1. The quantitative estimate of drug-likeness (QED) is 0.698. The molecule has 0 bridgehead atoms. The van der Waals surface area contributed by atoms with Crippen LogP contribution in [0.3, 0.4) is 0 Å². The zero-order valence-corrected chi connectivity index (χ0v) is 14.1. The Balaban J connectivity index is 1.88. The molecular formula is C16H15F2N3O4S. The number of sulfonamides is 1. The van der Waals surface area contributed by atoms with Crippen LogP contribution in [-0.4, -0.2) is 26.8 Å². The second kappa shape index (κ2) is 8.02. The van der Waals surface area contributed by atoms with Crippen molar-refractivity contribution in [3.8, 4) is 0 Å². The first kappa shape index (κ1) is 19.5. The van der Waals surface area contributed by atoms with Crippen molar-refractivity contribution in [1.29, 1.82) is 0 Å². The zero-order valence-electron chi connectivity index (χ0n) is 13.3. The Morgan fingerprint density at radius 3 is 2.46 bits per heavy atom. The lowest BCUT2D eigenvalue weighted by Gasteiger charge is -2.08. The molecule has 0 spiro atoms. The summed E-state index contributed by atoms with van der Waals surface area (Å²) in [6, 6.07) is 7.89. The smallest absolute Gasteiger partial charge is 0.254 e. The van der Waals surface area contributed by atoms with Gasteiger partial charge in [0.2, 0.25) is 15.9 Å². The molecule has 0 fully saturated rings. The van der Waals surface area contributed by atoms with Gasteiger partial charge in [0, 0.05) is 24.7 Å². The van der Waals surface area contributed by atoms with Crippen molar-refractivity contribution in [3.05, 3.63) is 59.7 Å². The highest BCUT2D eigenvalue weighted by atomic mass is 32.2. The first-order valence-electron chi connectivity index (χ1n) is 7.33. The fraction of sp³-hybridized carbons (Fsp3) is 0.125. The average Bonchev–Trinajstić information content (AvgIpc) is 2.54. The Kier molecular flexibility index (Phi) is 6.01. The van der Waals surface area contributed by atoms with Crippen LogP contribution in [-0.2, 0) is 14.8 Å². The summed E-state index contributed by atoms with van der Waals surface area (Å²) in [5, 5.41) is 9.79. The summed E-state index contributed by atoms with van der Waals surface area (Å²) in [6.07, 6.45) is -0.145. The summed E-state index contributed by atoms with van der Waals surface area (Å²) in [4.78, 5) is 23.5. The minimum Gasteiger partial charge on any atom is -0.351 e. The van der Waals surface area contributed by atoms with E-state index >= 15 is 0 Å². The third-order valence-corrected chi connectivity index (χ3v) is 4.17. The van der Waals surface area contributed by atoms with Gasteiger partial charge in [-0.3, -0.25) is 9.59 Å². The molecule has 138 valence electrons. The lowest BCUT2D eigenvalue weighted by Crippen LogP contribution is -2.28. The fourth-order valence-electron chi connectivity index (χ4n) is 2.03. The van der Waals surface area contributed by atoms with Gasteiger partial charge in [-0.1, -0.05) is 6.07 Å². The van der Waals surface area contributed by atoms with Crippen LogP contribution in [0, 0.1) is 11.6 Å². The van der Waals surface area contributed by atoms with E-state index in [0.29, 0.717) is 6.07 Å². The summed E-state index contributed by atoms with van der Waals surface area (Å²) in [5.41, 5.74) is -0.120. The van der Waals surface area contributed by atoms with Crippen LogP contribution in [0.5, 0.6) is 0 Å². The molecule has 0 aliphatic heterocycles. The molecule has 2 aromatic rings. The second-order valence-corrected chi connectivity index (χ2v) is 6.81. The number of rotatable bonds is 6. The van der Waals surface area contributed by atoms with Crippen LogP contribution in [0.1, 0.15) is 16.8 Å². The average molecular weight is 383 g/mol. The van der Waals surface area contributed by atoms with Crippen molar-refractivity contribution in [2.45, 2.75) is 11.3 Å². The predicted octanol–water partition coefficient (Wildman–Crippen LogP) is 1.37. The number of carbonyl (C=O) groups excluding carboxylic acids is 2. The maximum Gasteiger partial charge on any atom is 0.254 e. The highest BCUT2D eigenvalue weighted by Crippen LogP contribution is 2.14. The molecule has 7 nitrogen and oxygen atoms in total. The lowest BCUT2D eigenvalue weighted by molar-refractivity contribution is -0.116. The van der Waals surface area contributed by atoms with Crippen LogP contribution >= 0.6 is 0 Å². The Morgan fingerprint density at radius 1 is 1.08 bits per heavy atom. The summed E-state index contributed by atoms with van der Waals surface area (Å²) in [6.45, 7) is -0.101. The Bertz CT molecular complexity index is 948. The van der Waals surface area contributed by atoms with Gasteiger partial charge in [-0.15, -0.1) is 0 Å². The van der Waals surface area contributed by atoms with Gasteiger partial charge >= 0.3 is 0 Å². The minimum absolute atomic E-state index is 0.101. The first-order chi connectivity index (χ1) is 12.2. The van der Waals surface area contributed by atoms with Crippen molar-refractivity contribution >= 4 is 27.5 Å². The van der Waals surface area contributed by atoms with E-state index in [0.717, 1.165) is 12.1 Å². The largest absolute Gasteiger partial charge is 0.351 e. The maximum absolute atomic E-state index is 13.5. The molecule has 0 saturated heterocycles. The molecule has 10 heteroatoms. The Morgan fingerprint density at radius 2 is 1.81 bits per heavy atom. The number of amides is 2. The molecule has 26 heavy (non-hydrogen) atoms. The summed E-state index contributed by atoms with van der Waals surface area (Å²) < 4.78 is 48.8. The third kappa shape index (κ3) is 5.33. The van der Waals surface area contributed by atoms with E-state index in [4.69, 9.17) is 5.14 Å². The normalized spacial score (nSPS) is 11.0. The van der Waals surface area contributed by atoms with Crippen molar-refractivity contribution in [3.63, 3.8) is 0 Å². The Hall–Kier alpha value is -2.85. The molecule has 0 aliphatic carbocycles. The van der Waals surface area contributed by atoms with Gasteiger partial charge in [0.15, 0.2) is 0 Å². The number of carbonyl (C=O) groups is 2. The standard InChI is InChI=1S/C16H15F2N3O4S/c17-10-4-5-13(14(18)8-10)16(23)20-7-6-15(22)21-11-2-1-3-12(9-11)26(19,24)25/h1-5,8-9H,6-7H2,(H,20,23)(H,21,22)(H2,19,24,25). The van der Waals surface area contributed by atoms with E-state index in [2.05, 4.69) is 10.6 Å². The van der Waals surface area contributed by atoms with Gasteiger partial charge in [0.25, 0.3) is 5.91 Å². The van der Waals surface area contributed by atoms with Gasteiger partial charge in [-0.05, 0) is 30.3 Å². The van der Waals surface area contributed by atoms with Crippen LogP contribution in [0.25, 0.3) is 0 Å². The van der Waals surface area contributed by atoms with Gasteiger partial charge in [-0.25, -0.2) is 22.3 Å². The van der Waals surface area contributed by atoms with Crippen molar-refractivity contribution in [2.24, 2.45) is 5.14 Å². The highest BCUT2D eigenvalue weighted by Gasteiger charge is 2.13. The predicted molar refractivity (Wildman–Crippen MR) is 89.8 cm³/mol. The van der Waals surface area contributed by atoms with Gasteiger partial charge in [-0.2, -0.15) is 0 Å². The molecule has 0 unspecified atom stereocenters. The molecule has 0 saturated carbocycles. The molecule has 0 aliphatic rings. The summed E-state index contributed by atoms with van der Waals surface area (Å²) in [5.74, 6) is -3.10. The number of nitrogens with one attached hydrogen (secondary N) is 2. The monoisotopic (exact) mass is 383 g/mol. The number of nitrogens with two attached hydrogens (primary N) is 1. The topological polar surface area (TPSA) is 118 Å². The minimum atomic E-state index is -3.90. The molecule has 2 amide bonds. The van der Waals surface area contributed by atoms with E-state index in [1.807, 2.05) is 0 Å². The van der Waals surface area contributed by atoms with E-state index in [-0.39, 0.29) is 29.1 Å².